The Bertz CT molecular complexity index is 688. The van der Waals surface area contributed by atoms with Gasteiger partial charge in [0, 0.05) is 32.1 Å². The predicted octanol–water partition coefficient (Wildman–Crippen LogP) is 2.97. The molecule has 5 heteroatoms. The summed E-state index contributed by atoms with van der Waals surface area (Å²) in [7, 11) is 0. The number of carbonyl (C=O) groups excluding carboxylic acids is 1. The van der Waals surface area contributed by atoms with Gasteiger partial charge in [0.15, 0.2) is 5.13 Å². The molecule has 1 amide bonds. The van der Waals surface area contributed by atoms with Crippen LogP contribution in [0, 0.1) is 19.8 Å². The Labute approximate surface area is 134 Å². The number of nitrogens with zero attached hydrogens (tertiary/aromatic N) is 3. The van der Waals surface area contributed by atoms with Crippen LogP contribution in [0.2, 0.25) is 0 Å². The largest absolute Gasteiger partial charge is 0.345 e. The number of rotatable bonds is 2. The molecule has 1 saturated carbocycles. The van der Waals surface area contributed by atoms with Gasteiger partial charge in [0.2, 0.25) is 5.91 Å². The summed E-state index contributed by atoms with van der Waals surface area (Å²) in [6.45, 7) is 7.76. The number of piperazine rings is 1. The van der Waals surface area contributed by atoms with E-state index in [0.717, 1.165) is 49.7 Å². The van der Waals surface area contributed by atoms with Crippen LogP contribution < -0.4 is 4.90 Å². The van der Waals surface area contributed by atoms with E-state index in [-0.39, 0.29) is 0 Å². The molecule has 0 bridgehead atoms. The summed E-state index contributed by atoms with van der Waals surface area (Å²) in [5.74, 6) is 0.704. The molecule has 0 atom stereocenters. The Kier molecular flexibility index (Phi) is 3.33. The maximum Gasteiger partial charge on any atom is 0.225 e. The van der Waals surface area contributed by atoms with Crippen molar-refractivity contribution in [1.82, 2.24) is 9.88 Å². The molecule has 1 aromatic heterocycles. The Morgan fingerprint density at radius 2 is 1.82 bits per heavy atom. The Balaban J connectivity index is 1.50. The van der Waals surface area contributed by atoms with E-state index in [2.05, 4.69) is 30.9 Å². The van der Waals surface area contributed by atoms with E-state index in [9.17, 15) is 4.79 Å². The Morgan fingerprint density at radius 3 is 2.50 bits per heavy atom. The first-order valence-corrected chi connectivity index (χ1v) is 8.85. The van der Waals surface area contributed by atoms with E-state index in [1.807, 2.05) is 4.90 Å². The van der Waals surface area contributed by atoms with E-state index in [4.69, 9.17) is 4.98 Å². The number of hydrogen-bond acceptors (Lipinski definition) is 4. The van der Waals surface area contributed by atoms with Crippen molar-refractivity contribution in [2.24, 2.45) is 5.92 Å². The summed E-state index contributed by atoms with van der Waals surface area (Å²) >= 11 is 1.77. The van der Waals surface area contributed by atoms with Gasteiger partial charge in [0.25, 0.3) is 0 Å². The minimum atomic E-state index is 0.333. The van der Waals surface area contributed by atoms with Crippen molar-refractivity contribution in [3.05, 3.63) is 23.3 Å². The van der Waals surface area contributed by atoms with Crippen LogP contribution in [0.5, 0.6) is 0 Å². The van der Waals surface area contributed by atoms with Crippen LogP contribution in [0.1, 0.15) is 24.0 Å². The summed E-state index contributed by atoms with van der Waals surface area (Å²) < 4.78 is 1.26. The molecule has 2 fully saturated rings. The van der Waals surface area contributed by atoms with Gasteiger partial charge in [0.05, 0.1) is 10.2 Å². The number of hydrogen-bond donors (Lipinski definition) is 0. The van der Waals surface area contributed by atoms with Crippen molar-refractivity contribution < 1.29 is 4.79 Å². The van der Waals surface area contributed by atoms with Gasteiger partial charge < -0.3 is 9.80 Å². The highest BCUT2D eigenvalue weighted by Crippen LogP contribution is 2.33. The Hall–Kier alpha value is -1.62. The SMILES string of the molecule is Cc1cc2nc(N3CCN(C(=O)C4CC4)CC3)sc2cc1C. The summed E-state index contributed by atoms with van der Waals surface area (Å²) in [6.07, 6.45) is 2.19. The van der Waals surface area contributed by atoms with Gasteiger partial charge in [-0.05, 0) is 49.9 Å². The number of benzene rings is 1. The summed E-state index contributed by atoms with van der Waals surface area (Å²) in [4.78, 5) is 21.3. The topological polar surface area (TPSA) is 36.4 Å². The van der Waals surface area contributed by atoms with Gasteiger partial charge in [-0.3, -0.25) is 4.79 Å². The van der Waals surface area contributed by atoms with E-state index < -0.39 is 0 Å². The molecule has 1 aromatic carbocycles. The van der Waals surface area contributed by atoms with Gasteiger partial charge in [-0.25, -0.2) is 4.98 Å². The van der Waals surface area contributed by atoms with Crippen LogP contribution in [0.25, 0.3) is 10.2 Å². The lowest BCUT2D eigenvalue weighted by atomic mass is 10.1. The molecular formula is C17H21N3OS. The van der Waals surface area contributed by atoms with E-state index >= 15 is 0 Å². The number of carbonyl (C=O) groups is 1. The molecule has 22 heavy (non-hydrogen) atoms. The molecule has 1 aliphatic carbocycles. The zero-order valence-corrected chi connectivity index (χ0v) is 13.9. The summed E-state index contributed by atoms with van der Waals surface area (Å²) in [6, 6.07) is 4.41. The molecule has 0 unspecified atom stereocenters. The monoisotopic (exact) mass is 315 g/mol. The number of aryl methyl sites for hydroxylation is 2. The molecule has 4 rings (SSSR count). The highest BCUT2D eigenvalue weighted by molar-refractivity contribution is 7.22. The molecule has 0 N–H and O–H groups in total. The highest BCUT2D eigenvalue weighted by atomic mass is 32.1. The first-order chi connectivity index (χ1) is 10.6. The van der Waals surface area contributed by atoms with Crippen molar-refractivity contribution in [3.63, 3.8) is 0 Å². The number of anilines is 1. The van der Waals surface area contributed by atoms with Gasteiger partial charge in [-0.15, -0.1) is 0 Å². The molecule has 2 heterocycles. The van der Waals surface area contributed by atoms with Crippen LogP contribution in [-0.2, 0) is 4.79 Å². The maximum absolute atomic E-state index is 12.1. The average Bonchev–Trinajstić information content (AvgIpc) is 3.29. The third-order valence-corrected chi connectivity index (χ3v) is 5.86. The van der Waals surface area contributed by atoms with Crippen molar-refractivity contribution in [1.29, 1.82) is 0 Å². The number of amides is 1. The quantitative estimate of drug-likeness (QED) is 0.855. The third kappa shape index (κ3) is 2.47. The lowest BCUT2D eigenvalue weighted by Crippen LogP contribution is -2.49. The van der Waals surface area contributed by atoms with E-state index in [1.54, 1.807) is 11.3 Å². The summed E-state index contributed by atoms with van der Waals surface area (Å²) in [5.41, 5.74) is 3.71. The molecule has 0 radical (unpaired) electrons. The van der Waals surface area contributed by atoms with Crippen LogP contribution in [0.3, 0.4) is 0 Å². The second kappa shape index (κ2) is 5.23. The molecule has 116 valence electrons. The fraction of sp³-hybridized carbons (Fsp3) is 0.529. The van der Waals surface area contributed by atoms with Gasteiger partial charge in [-0.2, -0.15) is 0 Å². The number of thiazole rings is 1. The Morgan fingerprint density at radius 1 is 1.14 bits per heavy atom. The second-order valence-corrected chi connectivity index (χ2v) is 7.50. The molecule has 1 aliphatic heterocycles. The van der Waals surface area contributed by atoms with Crippen LogP contribution in [0.15, 0.2) is 12.1 Å². The minimum Gasteiger partial charge on any atom is -0.345 e. The number of aromatic nitrogens is 1. The predicted molar refractivity (Wildman–Crippen MR) is 90.6 cm³/mol. The maximum atomic E-state index is 12.1. The lowest BCUT2D eigenvalue weighted by Gasteiger charge is -2.34. The van der Waals surface area contributed by atoms with Crippen molar-refractivity contribution in [2.75, 3.05) is 31.1 Å². The van der Waals surface area contributed by atoms with Crippen LogP contribution in [-0.4, -0.2) is 42.0 Å². The van der Waals surface area contributed by atoms with E-state index in [0.29, 0.717) is 11.8 Å². The molecule has 0 spiro atoms. The van der Waals surface area contributed by atoms with Gasteiger partial charge in [-0.1, -0.05) is 11.3 Å². The van der Waals surface area contributed by atoms with Crippen molar-refractivity contribution in [3.8, 4) is 0 Å². The molecule has 2 aliphatic rings. The fourth-order valence-corrected chi connectivity index (χ4v) is 4.11. The zero-order valence-electron chi connectivity index (χ0n) is 13.1. The summed E-state index contributed by atoms with van der Waals surface area (Å²) in [5, 5.41) is 1.10. The average molecular weight is 315 g/mol. The minimum absolute atomic E-state index is 0.333. The zero-order chi connectivity index (χ0) is 15.3. The smallest absolute Gasteiger partial charge is 0.225 e. The fourth-order valence-electron chi connectivity index (χ4n) is 3.01. The van der Waals surface area contributed by atoms with E-state index in [1.165, 1.54) is 15.8 Å². The van der Waals surface area contributed by atoms with Gasteiger partial charge >= 0.3 is 0 Å². The third-order valence-electron chi connectivity index (χ3n) is 4.78. The van der Waals surface area contributed by atoms with Crippen molar-refractivity contribution in [2.45, 2.75) is 26.7 Å². The first-order valence-electron chi connectivity index (χ1n) is 8.03. The molecule has 2 aromatic rings. The molecule has 4 nitrogen and oxygen atoms in total. The highest BCUT2D eigenvalue weighted by Gasteiger charge is 2.34. The van der Waals surface area contributed by atoms with Crippen LogP contribution in [0.4, 0.5) is 5.13 Å². The first kappa shape index (κ1) is 14.0. The second-order valence-electron chi connectivity index (χ2n) is 6.49. The van der Waals surface area contributed by atoms with Crippen LogP contribution >= 0.6 is 11.3 Å². The van der Waals surface area contributed by atoms with Gasteiger partial charge in [0.1, 0.15) is 0 Å². The molecule has 1 saturated heterocycles. The van der Waals surface area contributed by atoms with Crippen molar-refractivity contribution >= 4 is 32.6 Å². The molecular weight excluding hydrogens is 294 g/mol. The number of fused-ring (bicyclic) bond motifs is 1. The standard InChI is InChI=1S/C17H21N3OS/c1-11-9-14-15(10-12(11)2)22-17(18-14)20-7-5-19(6-8-20)16(21)13-3-4-13/h9-10,13H,3-8H2,1-2H3. The lowest BCUT2D eigenvalue weighted by molar-refractivity contribution is -0.132. The normalized spacial score (nSPS) is 19.0.